The van der Waals surface area contributed by atoms with Crippen molar-refractivity contribution in [2.24, 2.45) is 0 Å². The largest absolute Gasteiger partial charge is 0.493 e. The van der Waals surface area contributed by atoms with Crippen LogP contribution in [-0.4, -0.2) is 39.3 Å². The molecule has 0 amide bonds. The van der Waals surface area contributed by atoms with Crippen LogP contribution >= 0.6 is 0 Å². The monoisotopic (exact) mass is 235 g/mol. The Labute approximate surface area is 103 Å². The first-order valence-electron chi connectivity index (χ1n) is 6.06. The van der Waals surface area contributed by atoms with Crippen LogP contribution in [0.1, 0.15) is 17.5 Å². The van der Waals surface area contributed by atoms with Gasteiger partial charge in [0.25, 0.3) is 0 Å². The molecular weight excluding hydrogens is 214 g/mol. The molecular formula is C14H21NO2. The smallest absolute Gasteiger partial charge is 0.164 e. The van der Waals surface area contributed by atoms with Gasteiger partial charge in [-0.1, -0.05) is 6.07 Å². The van der Waals surface area contributed by atoms with Crippen molar-refractivity contribution in [1.29, 1.82) is 0 Å². The topological polar surface area (TPSA) is 21.7 Å². The van der Waals surface area contributed by atoms with E-state index in [9.17, 15) is 0 Å². The van der Waals surface area contributed by atoms with Crippen molar-refractivity contribution in [3.05, 3.63) is 23.3 Å². The number of fused-ring (bicyclic) bond motifs is 1. The summed E-state index contributed by atoms with van der Waals surface area (Å²) in [5.74, 6) is 1.76. The molecule has 1 aromatic rings. The van der Waals surface area contributed by atoms with E-state index >= 15 is 0 Å². The predicted molar refractivity (Wildman–Crippen MR) is 69.0 cm³/mol. The summed E-state index contributed by atoms with van der Waals surface area (Å²) in [6.45, 7) is 0. The maximum absolute atomic E-state index is 5.49. The maximum atomic E-state index is 5.49. The molecule has 0 N–H and O–H groups in total. The number of methoxy groups -OCH3 is 2. The molecule has 1 aromatic carbocycles. The molecule has 2 rings (SSSR count). The molecule has 0 aromatic heterocycles. The average Bonchev–Trinajstić information content (AvgIpc) is 2.36. The summed E-state index contributed by atoms with van der Waals surface area (Å²) >= 11 is 0. The lowest BCUT2D eigenvalue weighted by Gasteiger charge is -2.31. The Morgan fingerprint density at radius 2 is 1.94 bits per heavy atom. The number of hydrogen-bond donors (Lipinski definition) is 0. The molecule has 17 heavy (non-hydrogen) atoms. The number of hydrogen-bond acceptors (Lipinski definition) is 3. The molecule has 1 aliphatic rings. The second-order valence-corrected chi connectivity index (χ2v) is 4.80. The van der Waals surface area contributed by atoms with Crippen molar-refractivity contribution in [2.45, 2.75) is 25.3 Å². The summed E-state index contributed by atoms with van der Waals surface area (Å²) in [6, 6.07) is 4.82. The summed E-state index contributed by atoms with van der Waals surface area (Å²) in [6.07, 6.45) is 3.35. The fraction of sp³-hybridized carbons (Fsp3) is 0.571. The molecule has 0 unspecified atom stereocenters. The summed E-state index contributed by atoms with van der Waals surface area (Å²) in [5.41, 5.74) is 2.72. The van der Waals surface area contributed by atoms with Gasteiger partial charge in [0.1, 0.15) is 0 Å². The van der Waals surface area contributed by atoms with Crippen LogP contribution in [0.25, 0.3) is 0 Å². The normalized spacial score (nSPS) is 19.0. The second kappa shape index (κ2) is 4.96. The fourth-order valence-corrected chi connectivity index (χ4v) is 2.60. The van der Waals surface area contributed by atoms with Crippen molar-refractivity contribution in [2.75, 3.05) is 28.3 Å². The summed E-state index contributed by atoms with van der Waals surface area (Å²) < 4.78 is 10.8. The van der Waals surface area contributed by atoms with Crippen LogP contribution in [0.3, 0.4) is 0 Å². The second-order valence-electron chi connectivity index (χ2n) is 4.80. The lowest BCUT2D eigenvalue weighted by molar-refractivity contribution is 0.264. The quantitative estimate of drug-likeness (QED) is 0.801. The van der Waals surface area contributed by atoms with Gasteiger partial charge in [-0.05, 0) is 45.0 Å². The van der Waals surface area contributed by atoms with Crippen LogP contribution in [0.4, 0.5) is 0 Å². The molecule has 1 atom stereocenters. The van der Waals surface area contributed by atoms with Gasteiger partial charge in [0.05, 0.1) is 14.2 Å². The summed E-state index contributed by atoms with van der Waals surface area (Å²) in [4.78, 5) is 2.31. The van der Waals surface area contributed by atoms with Gasteiger partial charge in [-0.15, -0.1) is 0 Å². The number of ether oxygens (including phenoxy) is 2. The van der Waals surface area contributed by atoms with Crippen LogP contribution in [0, 0.1) is 0 Å². The Balaban J connectivity index is 2.35. The summed E-state index contributed by atoms with van der Waals surface area (Å²) in [5, 5.41) is 0. The molecule has 0 radical (unpaired) electrons. The van der Waals surface area contributed by atoms with Gasteiger partial charge in [-0.2, -0.15) is 0 Å². The Bertz CT molecular complexity index is 401. The van der Waals surface area contributed by atoms with Crippen molar-refractivity contribution < 1.29 is 9.47 Å². The van der Waals surface area contributed by atoms with Crippen LogP contribution in [-0.2, 0) is 12.8 Å². The minimum absolute atomic E-state index is 0.639. The average molecular weight is 235 g/mol. The first kappa shape index (κ1) is 12.2. The molecule has 0 heterocycles. The zero-order chi connectivity index (χ0) is 12.4. The molecule has 0 saturated heterocycles. The van der Waals surface area contributed by atoms with Crippen LogP contribution in [0.15, 0.2) is 12.1 Å². The highest BCUT2D eigenvalue weighted by atomic mass is 16.5. The molecule has 0 fully saturated rings. The fourth-order valence-electron chi connectivity index (χ4n) is 2.60. The van der Waals surface area contributed by atoms with Crippen molar-refractivity contribution >= 4 is 0 Å². The van der Waals surface area contributed by atoms with Crippen LogP contribution < -0.4 is 9.47 Å². The maximum Gasteiger partial charge on any atom is 0.164 e. The van der Waals surface area contributed by atoms with Crippen molar-refractivity contribution in [3.8, 4) is 11.5 Å². The third-order valence-electron chi connectivity index (χ3n) is 3.66. The Morgan fingerprint density at radius 1 is 1.18 bits per heavy atom. The van der Waals surface area contributed by atoms with Gasteiger partial charge in [0.2, 0.25) is 0 Å². The number of rotatable bonds is 3. The van der Waals surface area contributed by atoms with E-state index in [1.54, 1.807) is 14.2 Å². The first-order chi connectivity index (χ1) is 8.17. The van der Waals surface area contributed by atoms with Gasteiger partial charge in [-0.3, -0.25) is 0 Å². The Hall–Kier alpha value is -1.22. The molecule has 0 aliphatic heterocycles. The lowest BCUT2D eigenvalue weighted by Crippen LogP contribution is -2.33. The highest BCUT2D eigenvalue weighted by molar-refractivity contribution is 5.52. The number of nitrogens with zero attached hydrogens (tertiary/aromatic N) is 1. The summed E-state index contributed by atoms with van der Waals surface area (Å²) in [7, 11) is 7.71. The molecule has 3 heteroatoms. The van der Waals surface area contributed by atoms with Gasteiger partial charge >= 0.3 is 0 Å². The predicted octanol–water partition coefficient (Wildman–Crippen LogP) is 2.12. The van der Waals surface area contributed by atoms with E-state index in [4.69, 9.17) is 9.47 Å². The molecule has 3 nitrogen and oxygen atoms in total. The van der Waals surface area contributed by atoms with Gasteiger partial charge in [0.15, 0.2) is 11.5 Å². The van der Waals surface area contributed by atoms with Crippen molar-refractivity contribution in [1.82, 2.24) is 4.90 Å². The van der Waals surface area contributed by atoms with Crippen LogP contribution in [0.2, 0.25) is 0 Å². The third kappa shape index (κ3) is 2.25. The number of likely N-dealkylation sites (N-methyl/N-ethyl adjacent to an activating group) is 1. The molecule has 94 valence electrons. The van der Waals surface area contributed by atoms with E-state index in [1.807, 2.05) is 6.07 Å². The van der Waals surface area contributed by atoms with E-state index < -0.39 is 0 Å². The first-order valence-corrected chi connectivity index (χ1v) is 6.06. The van der Waals surface area contributed by atoms with E-state index in [-0.39, 0.29) is 0 Å². The molecule has 0 saturated carbocycles. The standard InChI is InChI=1S/C14H21NO2/c1-15(2)11-6-7-12-10(9-11)5-8-13(16-3)14(12)17-4/h5,8,11H,6-7,9H2,1-4H3/t11-/m1/s1. The van der Waals surface area contributed by atoms with E-state index in [0.29, 0.717) is 6.04 Å². The molecule has 0 bridgehead atoms. The SMILES string of the molecule is COc1ccc2c(c1OC)CC[C@@H](N(C)C)C2. The third-order valence-corrected chi connectivity index (χ3v) is 3.66. The van der Waals surface area contributed by atoms with Gasteiger partial charge in [-0.25, -0.2) is 0 Å². The van der Waals surface area contributed by atoms with E-state index in [0.717, 1.165) is 24.3 Å². The Morgan fingerprint density at radius 3 is 2.53 bits per heavy atom. The highest BCUT2D eigenvalue weighted by Crippen LogP contribution is 2.37. The lowest BCUT2D eigenvalue weighted by atomic mass is 9.87. The molecule has 1 aliphatic carbocycles. The zero-order valence-electron chi connectivity index (χ0n) is 11.1. The number of benzene rings is 1. The minimum Gasteiger partial charge on any atom is -0.493 e. The van der Waals surface area contributed by atoms with E-state index in [1.165, 1.54) is 17.5 Å². The molecule has 0 spiro atoms. The van der Waals surface area contributed by atoms with Crippen LogP contribution in [0.5, 0.6) is 11.5 Å². The van der Waals surface area contributed by atoms with Crippen molar-refractivity contribution in [3.63, 3.8) is 0 Å². The van der Waals surface area contributed by atoms with Gasteiger partial charge in [0, 0.05) is 11.6 Å². The zero-order valence-corrected chi connectivity index (χ0v) is 11.1. The van der Waals surface area contributed by atoms with E-state index in [2.05, 4.69) is 25.1 Å². The Kier molecular flexibility index (Phi) is 3.57. The minimum atomic E-state index is 0.639. The van der Waals surface area contributed by atoms with Gasteiger partial charge < -0.3 is 14.4 Å². The highest BCUT2D eigenvalue weighted by Gasteiger charge is 2.24.